The first kappa shape index (κ1) is 13.6. The first-order valence-corrected chi connectivity index (χ1v) is 5.65. The summed E-state index contributed by atoms with van der Waals surface area (Å²) < 4.78 is 13.0. The second-order valence-corrected chi connectivity index (χ2v) is 3.85. The maximum atomic E-state index is 13.0. The maximum Gasteiger partial charge on any atom is 0.405 e. The minimum atomic E-state index is -1.38. The summed E-state index contributed by atoms with van der Waals surface area (Å²) in [5.41, 5.74) is 0.0420. The van der Waals surface area contributed by atoms with Crippen LogP contribution in [0.15, 0.2) is 42.6 Å². The first-order valence-electron chi connectivity index (χ1n) is 5.65. The van der Waals surface area contributed by atoms with Crippen molar-refractivity contribution in [3.05, 3.63) is 59.9 Å². The Morgan fingerprint density at radius 1 is 1.20 bits per heavy atom. The van der Waals surface area contributed by atoms with E-state index in [0.717, 1.165) is 6.07 Å². The van der Waals surface area contributed by atoms with Crippen molar-refractivity contribution in [3.8, 4) is 0 Å². The molecule has 0 aliphatic rings. The third kappa shape index (κ3) is 3.14. The third-order valence-corrected chi connectivity index (χ3v) is 2.48. The summed E-state index contributed by atoms with van der Waals surface area (Å²) in [6.45, 7) is 0. The van der Waals surface area contributed by atoms with E-state index in [4.69, 9.17) is 5.11 Å². The molecule has 0 saturated carbocycles. The van der Waals surface area contributed by atoms with Crippen LogP contribution in [-0.4, -0.2) is 27.0 Å². The molecule has 0 aliphatic heterocycles. The van der Waals surface area contributed by atoms with E-state index in [1.165, 1.54) is 24.4 Å². The predicted molar refractivity (Wildman–Crippen MR) is 66.7 cm³/mol. The van der Waals surface area contributed by atoms with Gasteiger partial charge in [-0.25, -0.2) is 9.78 Å². The van der Waals surface area contributed by atoms with E-state index in [-0.39, 0.29) is 11.4 Å². The van der Waals surface area contributed by atoms with E-state index < -0.39 is 23.9 Å². The van der Waals surface area contributed by atoms with E-state index in [1.54, 1.807) is 12.1 Å². The largest absolute Gasteiger partial charge is 0.465 e. The Bertz CT molecular complexity index is 634. The van der Waals surface area contributed by atoms with Crippen molar-refractivity contribution in [2.75, 3.05) is 0 Å². The van der Waals surface area contributed by atoms with Crippen LogP contribution in [0.5, 0.6) is 0 Å². The molecule has 0 fully saturated rings. The smallest absolute Gasteiger partial charge is 0.405 e. The zero-order valence-corrected chi connectivity index (χ0v) is 10.2. The van der Waals surface area contributed by atoms with Crippen molar-refractivity contribution in [1.82, 2.24) is 15.3 Å². The van der Waals surface area contributed by atoms with Gasteiger partial charge >= 0.3 is 6.09 Å². The number of Topliss-reactive ketones (excluding diaryl/α,β-unsaturated/α-hetero) is 1. The number of hydrogen-bond acceptors (Lipinski definition) is 4. The van der Waals surface area contributed by atoms with Crippen molar-refractivity contribution in [2.24, 2.45) is 0 Å². The molecule has 2 rings (SSSR count). The summed E-state index contributed by atoms with van der Waals surface area (Å²) >= 11 is 0. The quantitative estimate of drug-likeness (QED) is 0.655. The van der Waals surface area contributed by atoms with Crippen molar-refractivity contribution in [2.45, 2.75) is 6.04 Å². The number of nitrogens with one attached hydrogen (secondary N) is 1. The summed E-state index contributed by atoms with van der Waals surface area (Å²) in [5, 5.41) is 10.9. The number of rotatable bonds is 4. The van der Waals surface area contributed by atoms with E-state index in [0.29, 0.717) is 0 Å². The van der Waals surface area contributed by atoms with Crippen LogP contribution in [0.1, 0.15) is 22.2 Å². The molecule has 1 atom stereocenters. The minimum absolute atomic E-state index is 0.172. The Labute approximate surface area is 113 Å². The lowest BCUT2D eigenvalue weighted by atomic mass is 10.1. The molecule has 0 saturated heterocycles. The van der Waals surface area contributed by atoms with Crippen molar-refractivity contribution >= 4 is 11.9 Å². The molecule has 2 N–H and O–H groups in total. The van der Waals surface area contributed by atoms with Gasteiger partial charge in [-0.05, 0) is 24.3 Å². The molecule has 1 amide bonds. The van der Waals surface area contributed by atoms with Gasteiger partial charge in [0.15, 0.2) is 0 Å². The maximum absolute atomic E-state index is 13.0. The highest BCUT2D eigenvalue weighted by Crippen LogP contribution is 2.15. The molecular weight excluding hydrogens is 265 g/mol. The van der Waals surface area contributed by atoms with Gasteiger partial charge in [-0.2, -0.15) is 4.39 Å². The number of nitrogens with zero attached hydrogens (tertiary/aromatic N) is 2. The zero-order valence-electron chi connectivity index (χ0n) is 10.2. The van der Waals surface area contributed by atoms with Gasteiger partial charge in [0, 0.05) is 6.20 Å². The number of pyridine rings is 2. The standard InChI is InChI=1S/C13H10FN3O3/c14-10-6-3-5-9(16-10)12(18)11(17-13(19)20)8-4-1-2-7-15-8/h1-7,11,17H,(H,19,20). The molecule has 2 aromatic rings. The Morgan fingerprint density at radius 3 is 2.60 bits per heavy atom. The van der Waals surface area contributed by atoms with E-state index >= 15 is 0 Å². The van der Waals surface area contributed by atoms with Gasteiger partial charge < -0.3 is 10.4 Å². The Hall–Kier alpha value is -2.83. The number of carboxylic acid groups (broad SMARTS) is 1. The lowest BCUT2D eigenvalue weighted by Crippen LogP contribution is -2.33. The Morgan fingerprint density at radius 2 is 2.00 bits per heavy atom. The fourth-order valence-corrected chi connectivity index (χ4v) is 1.64. The second-order valence-electron chi connectivity index (χ2n) is 3.85. The number of aromatic nitrogens is 2. The van der Waals surface area contributed by atoms with Gasteiger partial charge in [-0.1, -0.05) is 12.1 Å². The predicted octanol–water partition coefficient (Wildman–Crippen LogP) is 1.81. The number of amides is 1. The number of halogens is 1. The highest BCUT2D eigenvalue weighted by atomic mass is 19.1. The molecule has 6 nitrogen and oxygen atoms in total. The second kappa shape index (κ2) is 5.87. The molecule has 0 bridgehead atoms. The molecule has 1 unspecified atom stereocenters. The first-order chi connectivity index (χ1) is 9.58. The van der Waals surface area contributed by atoms with E-state index in [2.05, 4.69) is 15.3 Å². The molecule has 20 heavy (non-hydrogen) atoms. The van der Waals surface area contributed by atoms with Gasteiger partial charge in [0.25, 0.3) is 0 Å². The van der Waals surface area contributed by atoms with E-state index in [1.807, 2.05) is 0 Å². The van der Waals surface area contributed by atoms with E-state index in [9.17, 15) is 14.0 Å². The molecule has 7 heteroatoms. The number of carbonyl (C=O) groups excluding carboxylic acids is 1. The Balaban J connectivity index is 2.36. The van der Waals surface area contributed by atoms with Crippen molar-refractivity contribution in [3.63, 3.8) is 0 Å². The lowest BCUT2D eigenvalue weighted by Gasteiger charge is -2.14. The van der Waals surface area contributed by atoms with Crippen LogP contribution in [-0.2, 0) is 0 Å². The summed E-state index contributed by atoms with van der Waals surface area (Å²) in [4.78, 5) is 30.4. The summed E-state index contributed by atoms with van der Waals surface area (Å²) in [6.07, 6.45) is 0.0448. The molecule has 102 valence electrons. The van der Waals surface area contributed by atoms with Crippen LogP contribution in [0, 0.1) is 5.95 Å². The molecule has 2 aromatic heterocycles. The highest BCUT2D eigenvalue weighted by molar-refractivity contribution is 6.00. The van der Waals surface area contributed by atoms with Gasteiger partial charge in [-0.3, -0.25) is 9.78 Å². The fourth-order valence-electron chi connectivity index (χ4n) is 1.64. The molecule has 0 radical (unpaired) electrons. The summed E-state index contributed by atoms with van der Waals surface area (Å²) in [5.74, 6) is -1.49. The van der Waals surface area contributed by atoms with Gasteiger partial charge in [0.2, 0.25) is 11.7 Å². The highest BCUT2D eigenvalue weighted by Gasteiger charge is 2.26. The third-order valence-electron chi connectivity index (χ3n) is 2.48. The summed E-state index contributed by atoms with van der Waals surface area (Å²) in [7, 11) is 0. The normalized spacial score (nSPS) is 11.7. The zero-order chi connectivity index (χ0) is 14.5. The molecule has 0 aromatic carbocycles. The lowest BCUT2D eigenvalue weighted by molar-refractivity contribution is 0.0928. The number of ketones is 1. The fraction of sp³-hybridized carbons (Fsp3) is 0.0769. The average molecular weight is 275 g/mol. The van der Waals surface area contributed by atoms with Crippen LogP contribution < -0.4 is 5.32 Å². The molecule has 2 heterocycles. The SMILES string of the molecule is O=C(O)NC(C(=O)c1cccc(F)n1)c1ccccn1. The van der Waals surface area contributed by atoms with Crippen LogP contribution in [0.2, 0.25) is 0 Å². The van der Waals surface area contributed by atoms with Crippen LogP contribution >= 0.6 is 0 Å². The monoisotopic (exact) mass is 275 g/mol. The minimum Gasteiger partial charge on any atom is -0.465 e. The molecular formula is C13H10FN3O3. The van der Waals surface area contributed by atoms with Gasteiger partial charge in [0.1, 0.15) is 11.7 Å². The van der Waals surface area contributed by atoms with Crippen LogP contribution in [0.3, 0.4) is 0 Å². The summed E-state index contributed by atoms with van der Waals surface area (Å²) in [6, 6.07) is 7.24. The van der Waals surface area contributed by atoms with Gasteiger partial charge in [-0.15, -0.1) is 0 Å². The average Bonchev–Trinajstić information content (AvgIpc) is 2.45. The van der Waals surface area contributed by atoms with Crippen LogP contribution in [0.4, 0.5) is 9.18 Å². The topological polar surface area (TPSA) is 92.2 Å². The van der Waals surface area contributed by atoms with Crippen LogP contribution in [0.25, 0.3) is 0 Å². The Kier molecular flexibility index (Phi) is 3.99. The molecule has 0 spiro atoms. The number of hydrogen-bond donors (Lipinski definition) is 2. The number of carbonyl (C=O) groups is 2. The van der Waals surface area contributed by atoms with Crippen molar-refractivity contribution in [1.29, 1.82) is 0 Å². The van der Waals surface area contributed by atoms with Crippen molar-refractivity contribution < 1.29 is 19.1 Å². The molecule has 0 aliphatic carbocycles. The van der Waals surface area contributed by atoms with Gasteiger partial charge in [0.05, 0.1) is 5.69 Å².